The van der Waals surface area contributed by atoms with Crippen LogP contribution in [0.2, 0.25) is 5.02 Å². The van der Waals surface area contributed by atoms with Crippen LogP contribution < -0.4 is 10.2 Å². The minimum atomic E-state index is -0.593. The summed E-state index contributed by atoms with van der Waals surface area (Å²) < 4.78 is 7.08. The Bertz CT molecular complexity index is 1540. The molecule has 1 aliphatic carbocycles. The zero-order valence-corrected chi connectivity index (χ0v) is 24.2. The van der Waals surface area contributed by atoms with Gasteiger partial charge < -0.3 is 15.0 Å². The second kappa shape index (κ2) is 10.5. The lowest BCUT2D eigenvalue weighted by molar-refractivity contribution is 0.0220. The Morgan fingerprint density at radius 2 is 1.93 bits per heavy atom. The van der Waals surface area contributed by atoms with Gasteiger partial charge in [-0.3, -0.25) is 14.5 Å². The van der Waals surface area contributed by atoms with Gasteiger partial charge in [-0.05, 0) is 82.2 Å². The van der Waals surface area contributed by atoms with Crippen molar-refractivity contribution in [3.8, 4) is 5.69 Å². The fourth-order valence-corrected chi connectivity index (χ4v) is 5.41. The molecule has 0 atom stereocenters. The summed E-state index contributed by atoms with van der Waals surface area (Å²) in [4.78, 5) is 48.0. The number of aromatic nitrogens is 3. The number of pyridine rings is 1. The Balaban J connectivity index is 1.31. The van der Waals surface area contributed by atoms with Gasteiger partial charge in [-0.2, -0.15) is 5.10 Å². The molecular formula is C30H33ClN6O4. The molecule has 6 rings (SSSR count). The molecule has 3 aromatic rings. The van der Waals surface area contributed by atoms with Gasteiger partial charge in [0.2, 0.25) is 0 Å². The summed E-state index contributed by atoms with van der Waals surface area (Å²) in [5.74, 6) is 0.434. The van der Waals surface area contributed by atoms with Gasteiger partial charge in [-0.25, -0.2) is 14.5 Å². The molecule has 214 valence electrons. The van der Waals surface area contributed by atoms with E-state index in [1.165, 1.54) is 4.68 Å². The van der Waals surface area contributed by atoms with Crippen LogP contribution in [0.15, 0.2) is 36.4 Å². The van der Waals surface area contributed by atoms with Crippen molar-refractivity contribution in [2.45, 2.75) is 58.6 Å². The topological polar surface area (TPSA) is 110 Å². The van der Waals surface area contributed by atoms with Gasteiger partial charge >= 0.3 is 6.09 Å². The Kier molecular flexibility index (Phi) is 6.97. The smallest absolute Gasteiger partial charge is 0.410 e. The van der Waals surface area contributed by atoms with Crippen molar-refractivity contribution in [3.63, 3.8) is 0 Å². The normalized spacial score (nSPS) is 16.7. The summed E-state index contributed by atoms with van der Waals surface area (Å²) in [5.41, 5.74) is 2.98. The SMILES string of the molecule is CC(C)(C)OC(=O)N1CCc2ccc(N3CCc4c(C(=O)NCC5CC5)nn(-c5cccc(Cl)c5)c4C3=O)nc2C1. The molecule has 3 aliphatic rings. The maximum Gasteiger partial charge on any atom is 0.410 e. The van der Waals surface area contributed by atoms with Crippen LogP contribution in [-0.4, -0.2) is 62.8 Å². The largest absolute Gasteiger partial charge is 0.444 e. The number of fused-ring (bicyclic) bond motifs is 2. The van der Waals surface area contributed by atoms with Gasteiger partial charge in [-0.15, -0.1) is 0 Å². The molecule has 1 saturated carbocycles. The van der Waals surface area contributed by atoms with Crippen LogP contribution in [0.1, 0.15) is 71.4 Å². The monoisotopic (exact) mass is 576 g/mol. The number of nitrogens with one attached hydrogen (secondary N) is 1. The number of rotatable bonds is 5. The number of nitrogens with zero attached hydrogens (tertiary/aromatic N) is 5. The highest BCUT2D eigenvalue weighted by Crippen LogP contribution is 2.31. The Morgan fingerprint density at radius 3 is 2.66 bits per heavy atom. The van der Waals surface area contributed by atoms with E-state index < -0.39 is 5.60 Å². The predicted octanol–water partition coefficient (Wildman–Crippen LogP) is 4.56. The Morgan fingerprint density at radius 1 is 1.12 bits per heavy atom. The fraction of sp³-hybridized carbons (Fsp3) is 0.433. The Hall–Kier alpha value is -3.92. The van der Waals surface area contributed by atoms with Crippen molar-refractivity contribution >= 4 is 35.3 Å². The van der Waals surface area contributed by atoms with Crippen LogP contribution in [0.4, 0.5) is 10.6 Å². The van der Waals surface area contributed by atoms with E-state index in [-0.39, 0.29) is 23.6 Å². The molecule has 41 heavy (non-hydrogen) atoms. The maximum atomic E-state index is 14.1. The highest BCUT2D eigenvalue weighted by atomic mass is 35.5. The van der Waals surface area contributed by atoms with Crippen molar-refractivity contribution in [1.82, 2.24) is 25.0 Å². The van der Waals surface area contributed by atoms with Gasteiger partial charge in [-0.1, -0.05) is 23.7 Å². The molecule has 10 nitrogen and oxygen atoms in total. The molecule has 2 aliphatic heterocycles. The quantitative estimate of drug-likeness (QED) is 0.477. The zero-order chi connectivity index (χ0) is 28.9. The third-order valence-corrected chi connectivity index (χ3v) is 7.74. The standard InChI is InChI=1S/C30H33ClN6O4/c1-30(2,3)41-29(40)35-13-11-19-9-10-24(33-23(19)17-35)36-14-12-22-25(27(38)32-16-18-7-8-18)34-37(26(22)28(36)39)21-6-4-5-20(31)15-21/h4-6,9-10,15,18H,7-8,11-14,16-17H2,1-3H3,(H,32,38). The van der Waals surface area contributed by atoms with Crippen molar-refractivity contribution in [2.75, 3.05) is 24.5 Å². The number of hydrogen-bond donors (Lipinski definition) is 1. The number of amides is 3. The highest BCUT2D eigenvalue weighted by molar-refractivity contribution is 6.30. The van der Waals surface area contributed by atoms with E-state index in [0.29, 0.717) is 72.7 Å². The van der Waals surface area contributed by atoms with Crippen LogP contribution in [0, 0.1) is 5.92 Å². The number of carbonyl (C=O) groups excluding carboxylic acids is 3. The molecule has 4 heterocycles. The van der Waals surface area contributed by atoms with E-state index in [0.717, 1.165) is 24.1 Å². The molecule has 2 aromatic heterocycles. The molecule has 0 radical (unpaired) electrons. The molecule has 0 bridgehead atoms. The first kappa shape index (κ1) is 27.3. The van der Waals surface area contributed by atoms with E-state index in [4.69, 9.17) is 21.3 Å². The molecule has 11 heteroatoms. The van der Waals surface area contributed by atoms with Crippen LogP contribution in [-0.2, 0) is 24.1 Å². The fourth-order valence-electron chi connectivity index (χ4n) is 5.23. The maximum absolute atomic E-state index is 14.1. The Labute approximate surface area is 243 Å². The number of anilines is 1. The van der Waals surface area contributed by atoms with Crippen LogP contribution in [0.25, 0.3) is 5.69 Å². The number of ether oxygens (including phenoxy) is 1. The summed E-state index contributed by atoms with van der Waals surface area (Å²) >= 11 is 6.27. The third-order valence-electron chi connectivity index (χ3n) is 7.51. The van der Waals surface area contributed by atoms with Gasteiger partial charge in [0, 0.05) is 30.2 Å². The molecule has 1 aromatic carbocycles. The molecular weight excluding hydrogens is 544 g/mol. The molecule has 0 spiro atoms. The average Bonchev–Trinajstić information content (AvgIpc) is 3.68. The summed E-state index contributed by atoms with van der Waals surface area (Å²) in [6.07, 6.45) is 2.95. The number of halogens is 1. The van der Waals surface area contributed by atoms with Gasteiger partial charge in [0.25, 0.3) is 11.8 Å². The van der Waals surface area contributed by atoms with E-state index in [2.05, 4.69) is 10.4 Å². The molecule has 3 amide bonds. The minimum Gasteiger partial charge on any atom is -0.444 e. The summed E-state index contributed by atoms with van der Waals surface area (Å²) in [6.45, 7) is 7.31. The molecule has 1 N–H and O–H groups in total. The first-order valence-corrected chi connectivity index (χ1v) is 14.4. The summed E-state index contributed by atoms with van der Waals surface area (Å²) in [7, 11) is 0. The second-order valence-electron chi connectivity index (χ2n) is 11.9. The number of hydrogen-bond acceptors (Lipinski definition) is 6. The number of carbonyl (C=O) groups is 3. The zero-order valence-electron chi connectivity index (χ0n) is 23.4. The minimum absolute atomic E-state index is 0.264. The van der Waals surface area contributed by atoms with E-state index in [1.54, 1.807) is 34.1 Å². The molecule has 1 fully saturated rings. The number of benzene rings is 1. The highest BCUT2D eigenvalue weighted by Gasteiger charge is 2.36. The van der Waals surface area contributed by atoms with Crippen LogP contribution in [0.5, 0.6) is 0 Å². The van der Waals surface area contributed by atoms with E-state index in [9.17, 15) is 14.4 Å². The van der Waals surface area contributed by atoms with Crippen molar-refractivity contribution in [2.24, 2.45) is 5.92 Å². The first-order valence-electron chi connectivity index (χ1n) is 14.0. The van der Waals surface area contributed by atoms with Gasteiger partial charge in [0.15, 0.2) is 5.69 Å². The lowest BCUT2D eigenvalue weighted by Crippen LogP contribution is -2.41. The van der Waals surface area contributed by atoms with Crippen LogP contribution in [0.3, 0.4) is 0 Å². The average molecular weight is 577 g/mol. The molecule has 0 saturated heterocycles. The van der Waals surface area contributed by atoms with E-state index in [1.807, 2.05) is 32.9 Å². The van der Waals surface area contributed by atoms with E-state index >= 15 is 0 Å². The lowest BCUT2D eigenvalue weighted by atomic mass is 10.0. The summed E-state index contributed by atoms with van der Waals surface area (Å²) in [5, 5.41) is 8.11. The first-order chi connectivity index (χ1) is 19.6. The lowest BCUT2D eigenvalue weighted by Gasteiger charge is -2.32. The third kappa shape index (κ3) is 5.66. The predicted molar refractivity (Wildman–Crippen MR) is 154 cm³/mol. The van der Waals surface area contributed by atoms with Crippen molar-refractivity contribution < 1.29 is 19.1 Å². The van der Waals surface area contributed by atoms with Crippen LogP contribution >= 0.6 is 11.6 Å². The summed E-state index contributed by atoms with van der Waals surface area (Å²) in [6, 6.07) is 10.9. The second-order valence-corrected chi connectivity index (χ2v) is 12.3. The van der Waals surface area contributed by atoms with Crippen molar-refractivity contribution in [1.29, 1.82) is 0 Å². The molecule has 0 unspecified atom stereocenters. The van der Waals surface area contributed by atoms with Crippen molar-refractivity contribution in [3.05, 3.63) is 69.6 Å². The van der Waals surface area contributed by atoms with Gasteiger partial charge in [0.05, 0.1) is 17.9 Å². The van der Waals surface area contributed by atoms with Gasteiger partial charge in [0.1, 0.15) is 17.1 Å².